The van der Waals surface area contributed by atoms with Crippen LogP contribution in [0, 0.1) is 11.3 Å². The molecule has 0 aliphatic carbocycles. The maximum Gasteiger partial charge on any atom is 0.0879 e. The molecule has 0 aromatic rings. The second-order valence-corrected chi connectivity index (χ2v) is 6.56. The van der Waals surface area contributed by atoms with E-state index < -0.39 is 0 Å². The molecule has 2 heteroatoms. The summed E-state index contributed by atoms with van der Waals surface area (Å²) in [6.45, 7) is 13.2. The third-order valence-electron chi connectivity index (χ3n) is 3.23. The highest BCUT2D eigenvalue weighted by atomic mass is 32.2. The van der Waals surface area contributed by atoms with Crippen molar-refractivity contribution in [1.82, 2.24) is 0 Å². The summed E-state index contributed by atoms with van der Waals surface area (Å²) < 4.78 is 6.15. The van der Waals surface area contributed by atoms with Crippen LogP contribution in [0.25, 0.3) is 0 Å². The van der Waals surface area contributed by atoms with Gasteiger partial charge in [0, 0.05) is 5.75 Å². The molecule has 1 fully saturated rings. The topological polar surface area (TPSA) is 9.23 Å². The van der Waals surface area contributed by atoms with Gasteiger partial charge in [-0.2, -0.15) is 11.8 Å². The fourth-order valence-corrected chi connectivity index (χ4v) is 2.58. The Morgan fingerprint density at radius 3 is 2.53 bits per heavy atom. The summed E-state index contributed by atoms with van der Waals surface area (Å²) in [5.41, 5.74) is 1.52. The van der Waals surface area contributed by atoms with Crippen LogP contribution in [0.2, 0.25) is 0 Å². The van der Waals surface area contributed by atoms with Crippen molar-refractivity contribution in [2.45, 2.75) is 46.3 Å². The van der Waals surface area contributed by atoms with Crippen LogP contribution in [-0.4, -0.2) is 24.2 Å². The molecule has 0 amide bonds. The molecule has 3 unspecified atom stereocenters. The third-order valence-corrected chi connectivity index (χ3v) is 3.86. The van der Waals surface area contributed by atoms with Gasteiger partial charge >= 0.3 is 0 Å². The Morgan fingerprint density at radius 1 is 1.47 bits per heavy atom. The van der Waals surface area contributed by atoms with Crippen molar-refractivity contribution in [3.05, 3.63) is 12.2 Å². The molecule has 88 valence electrons. The molecule has 3 atom stereocenters. The Hall–Kier alpha value is 0.0500. The van der Waals surface area contributed by atoms with E-state index in [4.69, 9.17) is 4.74 Å². The first-order valence-electron chi connectivity index (χ1n) is 5.69. The number of rotatable bonds is 2. The summed E-state index contributed by atoms with van der Waals surface area (Å²) in [6.07, 6.45) is 3.87. The SMILES string of the molecule is C=C1C(C)CC(C(C)(C)C)OC1CSC. The minimum atomic E-state index is 0.242. The van der Waals surface area contributed by atoms with E-state index >= 15 is 0 Å². The van der Waals surface area contributed by atoms with E-state index in [1.807, 2.05) is 11.8 Å². The largest absolute Gasteiger partial charge is 0.369 e. The predicted molar refractivity (Wildman–Crippen MR) is 69.4 cm³/mol. The van der Waals surface area contributed by atoms with E-state index in [1.165, 1.54) is 5.57 Å². The molecule has 1 heterocycles. The van der Waals surface area contributed by atoms with Crippen molar-refractivity contribution in [1.29, 1.82) is 0 Å². The lowest BCUT2D eigenvalue weighted by Crippen LogP contribution is -2.42. The maximum atomic E-state index is 6.15. The van der Waals surface area contributed by atoms with Crippen LogP contribution in [0.3, 0.4) is 0 Å². The second kappa shape index (κ2) is 4.92. The molecule has 1 aliphatic rings. The Balaban J connectivity index is 2.71. The van der Waals surface area contributed by atoms with E-state index in [0.29, 0.717) is 12.0 Å². The predicted octanol–water partition coefficient (Wildman–Crippen LogP) is 3.75. The third kappa shape index (κ3) is 3.25. The van der Waals surface area contributed by atoms with Crippen LogP contribution in [0.15, 0.2) is 12.2 Å². The summed E-state index contributed by atoms with van der Waals surface area (Å²) in [5, 5.41) is 0. The Bertz CT molecular complexity index is 229. The lowest BCUT2D eigenvalue weighted by atomic mass is 9.79. The van der Waals surface area contributed by atoms with E-state index in [2.05, 4.69) is 40.5 Å². The molecule has 15 heavy (non-hydrogen) atoms. The molecular formula is C13H24OS. The average molecular weight is 228 g/mol. The van der Waals surface area contributed by atoms with Crippen LogP contribution in [0.1, 0.15) is 34.1 Å². The molecule has 0 N–H and O–H groups in total. The summed E-state index contributed by atoms with van der Waals surface area (Å²) in [5.74, 6) is 1.63. The molecule has 1 aliphatic heterocycles. The van der Waals surface area contributed by atoms with Gasteiger partial charge < -0.3 is 4.74 Å². The molecule has 1 rings (SSSR count). The van der Waals surface area contributed by atoms with Gasteiger partial charge in [-0.05, 0) is 29.6 Å². The Morgan fingerprint density at radius 2 is 2.07 bits per heavy atom. The molecule has 1 nitrogen and oxygen atoms in total. The first-order valence-corrected chi connectivity index (χ1v) is 7.08. The van der Waals surface area contributed by atoms with Crippen LogP contribution in [0.4, 0.5) is 0 Å². The molecule has 0 saturated carbocycles. The van der Waals surface area contributed by atoms with Gasteiger partial charge in [-0.3, -0.25) is 0 Å². The summed E-state index contributed by atoms with van der Waals surface area (Å²) >= 11 is 1.84. The number of ether oxygens (including phenoxy) is 1. The van der Waals surface area contributed by atoms with E-state index in [0.717, 1.165) is 12.2 Å². The summed E-state index contributed by atoms with van der Waals surface area (Å²) in [4.78, 5) is 0. The van der Waals surface area contributed by atoms with E-state index in [-0.39, 0.29) is 11.5 Å². The molecule has 0 bridgehead atoms. The zero-order chi connectivity index (χ0) is 11.6. The lowest BCUT2D eigenvalue weighted by Gasteiger charge is -2.42. The normalized spacial score (nSPS) is 33.1. The van der Waals surface area contributed by atoms with Crippen molar-refractivity contribution >= 4 is 11.8 Å². The smallest absolute Gasteiger partial charge is 0.0879 e. The monoisotopic (exact) mass is 228 g/mol. The first-order chi connectivity index (χ1) is 6.86. The number of thioether (sulfide) groups is 1. The van der Waals surface area contributed by atoms with Crippen molar-refractivity contribution < 1.29 is 4.74 Å². The number of hydrogen-bond donors (Lipinski definition) is 0. The van der Waals surface area contributed by atoms with Gasteiger partial charge in [0.25, 0.3) is 0 Å². The first kappa shape index (κ1) is 13.1. The highest BCUT2D eigenvalue weighted by Gasteiger charge is 2.36. The average Bonchev–Trinajstić information content (AvgIpc) is 2.11. The molecule has 0 radical (unpaired) electrons. The van der Waals surface area contributed by atoms with Crippen LogP contribution < -0.4 is 0 Å². The van der Waals surface area contributed by atoms with Crippen molar-refractivity contribution in [3.63, 3.8) is 0 Å². The van der Waals surface area contributed by atoms with Gasteiger partial charge in [-0.1, -0.05) is 34.3 Å². The standard InChI is InChI=1S/C13H24OS/c1-9-7-12(13(3,4)5)14-11(8-15-6)10(9)2/h9,11-12H,2,7-8H2,1,3-6H3. The Labute approximate surface area is 98.7 Å². The molecule has 0 aromatic carbocycles. The van der Waals surface area contributed by atoms with Crippen LogP contribution in [-0.2, 0) is 4.74 Å². The zero-order valence-electron chi connectivity index (χ0n) is 10.7. The Kier molecular flexibility index (Phi) is 4.30. The summed E-state index contributed by atoms with van der Waals surface area (Å²) in [7, 11) is 0. The fourth-order valence-electron chi connectivity index (χ4n) is 1.99. The highest BCUT2D eigenvalue weighted by molar-refractivity contribution is 7.98. The van der Waals surface area contributed by atoms with Crippen LogP contribution >= 0.6 is 11.8 Å². The minimum absolute atomic E-state index is 0.242. The van der Waals surface area contributed by atoms with Crippen molar-refractivity contribution in [2.75, 3.05) is 12.0 Å². The van der Waals surface area contributed by atoms with Gasteiger partial charge in [0.2, 0.25) is 0 Å². The maximum absolute atomic E-state index is 6.15. The minimum Gasteiger partial charge on any atom is -0.369 e. The van der Waals surface area contributed by atoms with Crippen LogP contribution in [0.5, 0.6) is 0 Å². The molecule has 0 aromatic heterocycles. The van der Waals surface area contributed by atoms with Crippen molar-refractivity contribution in [2.24, 2.45) is 11.3 Å². The van der Waals surface area contributed by atoms with Gasteiger partial charge in [0.15, 0.2) is 0 Å². The van der Waals surface area contributed by atoms with E-state index in [9.17, 15) is 0 Å². The van der Waals surface area contributed by atoms with Gasteiger partial charge in [-0.15, -0.1) is 0 Å². The summed E-state index contributed by atoms with van der Waals surface area (Å²) in [6, 6.07) is 0. The quantitative estimate of drug-likeness (QED) is 0.666. The zero-order valence-corrected chi connectivity index (χ0v) is 11.5. The number of hydrogen-bond acceptors (Lipinski definition) is 2. The molecule has 0 spiro atoms. The highest BCUT2D eigenvalue weighted by Crippen LogP contribution is 2.37. The van der Waals surface area contributed by atoms with Crippen molar-refractivity contribution in [3.8, 4) is 0 Å². The van der Waals surface area contributed by atoms with Gasteiger partial charge in [-0.25, -0.2) is 0 Å². The molecule has 1 saturated heterocycles. The second-order valence-electron chi connectivity index (χ2n) is 5.65. The van der Waals surface area contributed by atoms with Gasteiger partial charge in [0.1, 0.15) is 0 Å². The van der Waals surface area contributed by atoms with Gasteiger partial charge in [0.05, 0.1) is 12.2 Å². The molecular weight excluding hydrogens is 204 g/mol. The lowest BCUT2D eigenvalue weighted by molar-refractivity contribution is -0.0765. The van der Waals surface area contributed by atoms with E-state index in [1.54, 1.807) is 0 Å². The fraction of sp³-hybridized carbons (Fsp3) is 0.846.